The van der Waals surface area contributed by atoms with Gasteiger partial charge in [0.15, 0.2) is 0 Å². The Morgan fingerprint density at radius 1 is 1.67 bits per heavy atom. The van der Waals surface area contributed by atoms with Crippen molar-refractivity contribution in [1.82, 2.24) is 0 Å². The van der Waals surface area contributed by atoms with Crippen molar-refractivity contribution >= 4 is 5.78 Å². The van der Waals surface area contributed by atoms with E-state index in [-0.39, 0.29) is 5.41 Å². The molecular weight excluding hydrogens is 148 g/mol. The van der Waals surface area contributed by atoms with Gasteiger partial charge in [-0.25, -0.2) is 0 Å². The number of ketones is 1. The Labute approximate surface area is 74.9 Å². The monoisotopic (exact) mass is 166 g/mol. The SMILES string of the molecule is CC(=O)C[C@H]1CC=C(C)C1(C)C. The highest BCUT2D eigenvalue weighted by Gasteiger charge is 2.35. The topological polar surface area (TPSA) is 17.1 Å². The maximum atomic E-state index is 11.0. The normalized spacial score (nSPS) is 27.0. The third-order valence-electron chi connectivity index (χ3n) is 3.28. The molecule has 0 N–H and O–H groups in total. The summed E-state index contributed by atoms with van der Waals surface area (Å²) in [5.41, 5.74) is 1.68. The van der Waals surface area contributed by atoms with Gasteiger partial charge < -0.3 is 4.79 Å². The van der Waals surface area contributed by atoms with Crippen molar-refractivity contribution < 1.29 is 4.79 Å². The average Bonchev–Trinajstić information content (AvgIpc) is 2.15. The lowest BCUT2D eigenvalue weighted by atomic mass is 9.75. The fraction of sp³-hybridized carbons (Fsp3) is 0.727. The zero-order valence-corrected chi connectivity index (χ0v) is 8.48. The summed E-state index contributed by atoms with van der Waals surface area (Å²) in [6, 6.07) is 0. The number of rotatable bonds is 2. The molecule has 0 fully saturated rings. The van der Waals surface area contributed by atoms with Crippen LogP contribution in [0.5, 0.6) is 0 Å². The van der Waals surface area contributed by atoms with Crippen molar-refractivity contribution in [2.45, 2.75) is 40.5 Å². The molecular formula is C11H18O. The molecule has 0 aromatic carbocycles. The van der Waals surface area contributed by atoms with Crippen molar-refractivity contribution in [3.8, 4) is 0 Å². The highest BCUT2D eigenvalue weighted by Crippen LogP contribution is 2.44. The smallest absolute Gasteiger partial charge is 0.130 e. The number of hydrogen-bond acceptors (Lipinski definition) is 1. The number of Topliss-reactive ketones (excluding diaryl/α,β-unsaturated/α-hetero) is 1. The van der Waals surface area contributed by atoms with Crippen LogP contribution in [0.1, 0.15) is 40.5 Å². The fourth-order valence-electron chi connectivity index (χ4n) is 1.88. The first-order valence-corrected chi connectivity index (χ1v) is 4.61. The molecule has 0 aliphatic heterocycles. The van der Waals surface area contributed by atoms with E-state index >= 15 is 0 Å². The van der Waals surface area contributed by atoms with Crippen molar-refractivity contribution in [3.05, 3.63) is 11.6 Å². The molecule has 1 aliphatic carbocycles. The summed E-state index contributed by atoms with van der Waals surface area (Å²) >= 11 is 0. The van der Waals surface area contributed by atoms with Gasteiger partial charge in [-0.2, -0.15) is 0 Å². The van der Waals surface area contributed by atoms with Gasteiger partial charge in [-0.15, -0.1) is 0 Å². The van der Waals surface area contributed by atoms with E-state index in [0.717, 1.165) is 12.8 Å². The molecule has 0 unspecified atom stereocenters. The molecule has 0 radical (unpaired) electrons. The Hall–Kier alpha value is -0.590. The standard InChI is InChI=1S/C11H18O/c1-8-5-6-10(7-9(2)12)11(8,3)4/h5,10H,6-7H2,1-4H3/t10-/m1/s1. The van der Waals surface area contributed by atoms with Gasteiger partial charge in [0.1, 0.15) is 5.78 Å². The molecule has 0 spiro atoms. The van der Waals surface area contributed by atoms with Crippen LogP contribution in [-0.4, -0.2) is 5.78 Å². The van der Waals surface area contributed by atoms with Crippen molar-refractivity contribution in [2.24, 2.45) is 11.3 Å². The van der Waals surface area contributed by atoms with Gasteiger partial charge in [0.2, 0.25) is 0 Å². The molecule has 1 atom stereocenters. The van der Waals surface area contributed by atoms with Crippen LogP contribution in [0.3, 0.4) is 0 Å². The second kappa shape index (κ2) is 3.04. The van der Waals surface area contributed by atoms with E-state index in [9.17, 15) is 4.79 Å². The maximum absolute atomic E-state index is 11.0. The first-order chi connectivity index (χ1) is 5.44. The predicted octanol–water partition coefficient (Wildman–Crippen LogP) is 2.96. The Balaban J connectivity index is 2.67. The van der Waals surface area contributed by atoms with Gasteiger partial charge >= 0.3 is 0 Å². The predicted molar refractivity (Wildman–Crippen MR) is 50.9 cm³/mol. The second-order valence-electron chi connectivity index (χ2n) is 4.45. The van der Waals surface area contributed by atoms with Crippen LogP contribution in [0.4, 0.5) is 0 Å². The third-order valence-corrected chi connectivity index (χ3v) is 3.28. The summed E-state index contributed by atoms with van der Waals surface area (Å²) in [7, 11) is 0. The molecule has 1 aliphatic rings. The second-order valence-corrected chi connectivity index (χ2v) is 4.45. The first-order valence-electron chi connectivity index (χ1n) is 4.61. The molecule has 0 aromatic rings. The summed E-state index contributed by atoms with van der Waals surface area (Å²) in [6.07, 6.45) is 4.09. The van der Waals surface area contributed by atoms with Gasteiger partial charge in [0.25, 0.3) is 0 Å². The van der Waals surface area contributed by atoms with Crippen molar-refractivity contribution in [2.75, 3.05) is 0 Å². The Kier molecular flexibility index (Phi) is 2.41. The van der Waals surface area contributed by atoms with Gasteiger partial charge in [-0.1, -0.05) is 25.5 Å². The van der Waals surface area contributed by atoms with Crippen LogP contribution in [0, 0.1) is 11.3 Å². The molecule has 0 aromatic heterocycles. The van der Waals surface area contributed by atoms with Crippen LogP contribution in [0.25, 0.3) is 0 Å². The van der Waals surface area contributed by atoms with Crippen LogP contribution in [0.15, 0.2) is 11.6 Å². The minimum absolute atomic E-state index is 0.242. The Morgan fingerprint density at radius 2 is 2.25 bits per heavy atom. The van der Waals surface area contributed by atoms with Gasteiger partial charge in [-0.05, 0) is 31.6 Å². The molecule has 68 valence electrons. The minimum Gasteiger partial charge on any atom is -0.300 e. The largest absolute Gasteiger partial charge is 0.300 e. The zero-order valence-electron chi connectivity index (χ0n) is 8.48. The van der Waals surface area contributed by atoms with E-state index in [1.165, 1.54) is 5.57 Å². The molecule has 0 bridgehead atoms. The summed E-state index contributed by atoms with van der Waals surface area (Å²) < 4.78 is 0. The zero-order chi connectivity index (χ0) is 9.35. The molecule has 1 rings (SSSR count). The number of allylic oxidation sites excluding steroid dienone is 2. The van der Waals surface area contributed by atoms with E-state index in [1.807, 2.05) is 0 Å². The van der Waals surface area contributed by atoms with Crippen molar-refractivity contribution in [1.29, 1.82) is 0 Å². The van der Waals surface area contributed by atoms with Gasteiger partial charge in [-0.3, -0.25) is 0 Å². The fourth-order valence-corrected chi connectivity index (χ4v) is 1.88. The van der Waals surface area contributed by atoms with Crippen LogP contribution in [0.2, 0.25) is 0 Å². The quantitative estimate of drug-likeness (QED) is 0.576. The average molecular weight is 166 g/mol. The number of hydrogen-bond donors (Lipinski definition) is 0. The van der Waals surface area contributed by atoms with E-state index in [0.29, 0.717) is 11.7 Å². The Bertz CT molecular complexity index is 223. The van der Waals surface area contributed by atoms with Crippen molar-refractivity contribution in [3.63, 3.8) is 0 Å². The molecule has 0 heterocycles. The van der Waals surface area contributed by atoms with E-state index < -0.39 is 0 Å². The minimum atomic E-state index is 0.242. The lowest BCUT2D eigenvalue weighted by molar-refractivity contribution is -0.118. The number of carbonyl (C=O) groups excluding carboxylic acids is 1. The molecule has 0 amide bonds. The molecule has 0 saturated heterocycles. The van der Waals surface area contributed by atoms with Crippen LogP contribution < -0.4 is 0 Å². The molecule has 0 saturated carbocycles. The molecule has 1 nitrogen and oxygen atoms in total. The summed E-state index contributed by atoms with van der Waals surface area (Å²) in [5, 5.41) is 0. The third kappa shape index (κ3) is 1.60. The summed E-state index contributed by atoms with van der Waals surface area (Å²) in [6.45, 7) is 8.32. The highest BCUT2D eigenvalue weighted by atomic mass is 16.1. The van der Waals surface area contributed by atoms with Gasteiger partial charge in [0, 0.05) is 6.42 Å². The van der Waals surface area contributed by atoms with E-state index in [4.69, 9.17) is 0 Å². The van der Waals surface area contributed by atoms with Crippen LogP contribution in [-0.2, 0) is 4.79 Å². The molecule has 1 heteroatoms. The van der Waals surface area contributed by atoms with E-state index in [1.54, 1.807) is 6.92 Å². The maximum Gasteiger partial charge on any atom is 0.130 e. The summed E-state index contributed by atoms with van der Waals surface area (Å²) in [4.78, 5) is 11.0. The highest BCUT2D eigenvalue weighted by molar-refractivity contribution is 5.76. The number of carbonyl (C=O) groups is 1. The van der Waals surface area contributed by atoms with E-state index in [2.05, 4.69) is 26.8 Å². The lowest BCUT2D eigenvalue weighted by Crippen LogP contribution is -2.22. The first kappa shape index (κ1) is 9.50. The lowest BCUT2D eigenvalue weighted by Gasteiger charge is -2.28. The van der Waals surface area contributed by atoms with Gasteiger partial charge in [0.05, 0.1) is 0 Å². The molecule has 12 heavy (non-hydrogen) atoms. The summed E-state index contributed by atoms with van der Waals surface area (Å²) in [5.74, 6) is 0.853. The van der Waals surface area contributed by atoms with Crippen LogP contribution >= 0.6 is 0 Å². The Morgan fingerprint density at radius 3 is 2.58 bits per heavy atom.